The number of ether oxygens (including phenoxy) is 1. The lowest BCUT2D eigenvalue weighted by Gasteiger charge is -2.16. The molecule has 0 unspecified atom stereocenters. The summed E-state index contributed by atoms with van der Waals surface area (Å²) in [5, 5.41) is 2.72. The van der Waals surface area contributed by atoms with Crippen LogP contribution < -0.4 is 5.32 Å². The van der Waals surface area contributed by atoms with Crippen LogP contribution in [0.1, 0.15) is 32.8 Å². The zero-order valence-electron chi connectivity index (χ0n) is 15.1. The minimum absolute atomic E-state index is 0.0221. The maximum Gasteiger partial charge on any atom is 0.307 e. The highest BCUT2D eigenvalue weighted by molar-refractivity contribution is 8.13. The molecule has 1 rings (SSSR count). The number of methoxy groups -OCH3 is 1. The Labute approximate surface area is 153 Å². The van der Waals surface area contributed by atoms with Crippen LogP contribution in [0.4, 0.5) is 0 Å². The molecule has 0 bridgehead atoms. The Morgan fingerprint density at radius 3 is 2.36 bits per heavy atom. The van der Waals surface area contributed by atoms with Crippen molar-refractivity contribution in [3.8, 4) is 0 Å². The molecule has 0 aliphatic rings. The van der Waals surface area contributed by atoms with Crippen LogP contribution in [-0.4, -0.2) is 36.4 Å². The van der Waals surface area contributed by atoms with Gasteiger partial charge in [0.1, 0.15) is 0 Å². The van der Waals surface area contributed by atoms with E-state index in [0.29, 0.717) is 5.57 Å². The standard InChI is InChI=1S/C19H25NO4S/c1-19(2,3)18(23)25-13-15(12-14-8-6-5-7-9-14)17(22)20-11-10-16(21)24-4/h5-9,12H,10-11,13H2,1-4H3,(H,20,22)/b15-12-. The zero-order valence-corrected chi connectivity index (χ0v) is 15.9. The minimum atomic E-state index is -0.468. The Kier molecular flexibility index (Phi) is 8.41. The van der Waals surface area contributed by atoms with Crippen LogP contribution in [-0.2, 0) is 19.1 Å². The second-order valence-corrected chi connectivity index (χ2v) is 7.44. The predicted octanol–water partition coefficient (Wildman–Crippen LogP) is 3.06. The van der Waals surface area contributed by atoms with Crippen LogP contribution in [0.3, 0.4) is 0 Å². The summed E-state index contributed by atoms with van der Waals surface area (Å²) >= 11 is 1.12. The van der Waals surface area contributed by atoms with Gasteiger partial charge in [0.05, 0.1) is 13.5 Å². The smallest absolute Gasteiger partial charge is 0.307 e. The molecule has 0 saturated heterocycles. The van der Waals surface area contributed by atoms with Gasteiger partial charge in [-0.05, 0) is 11.6 Å². The maximum atomic E-state index is 12.4. The average molecular weight is 363 g/mol. The first-order valence-corrected chi connectivity index (χ1v) is 9.00. The molecule has 0 aliphatic heterocycles. The van der Waals surface area contributed by atoms with Crippen LogP contribution in [0.5, 0.6) is 0 Å². The van der Waals surface area contributed by atoms with E-state index < -0.39 is 5.41 Å². The lowest BCUT2D eigenvalue weighted by Crippen LogP contribution is -2.29. The minimum Gasteiger partial charge on any atom is -0.469 e. The van der Waals surface area contributed by atoms with E-state index in [1.807, 2.05) is 51.1 Å². The molecule has 136 valence electrons. The normalized spacial score (nSPS) is 11.8. The second-order valence-electron chi connectivity index (χ2n) is 6.49. The third-order valence-corrected chi connectivity index (χ3v) is 4.58. The number of amides is 1. The molecule has 0 atom stereocenters. The fraction of sp³-hybridized carbons (Fsp3) is 0.421. The second kappa shape index (κ2) is 10.0. The molecule has 1 N–H and O–H groups in total. The van der Waals surface area contributed by atoms with Gasteiger partial charge in [-0.25, -0.2) is 0 Å². The molecule has 0 spiro atoms. The van der Waals surface area contributed by atoms with Gasteiger partial charge < -0.3 is 10.1 Å². The van der Waals surface area contributed by atoms with Crippen LogP contribution in [0.25, 0.3) is 6.08 Å². The number of hydrogen-bond donors (Lipinski definition) is 1. The number of esters is 1. The summed E-state index contributed by atoms with van der Waals surface area (Å²) < 4.78 is 4.55. The van der Waals surface area contributed by atoms with Crippen molar-refractivity contribution in [2.75, 3.05) is 19.4 Å². The van der Waals surface area contributed by atoms with Crippen molar-refractivity contribution < 1.29 is 19.1 Å². The third-order valence-electron chi connectivity index (χ3n) is 3.25. The lowest BCUT2D eigenvalue weighted by atomic mass is 10.00. The zero-order chi connectivity index (χ0) is 18.9. The fourth-order valence-corrected chi connectivity index (χ4v) is 2.71. The summed E-state index contributed by atoms with van der Waals surface area (Å²) in [5.74, 6) is -0.400. The molecular formula is C19H25NO4S. The monoisotopic (exact) mass is 363 g/mol. The van der Waals surface area contributed by atoms with Crippen LogP contribution in [0.15, 0.2) is 35.9 Å². The van der Waals surface area contributed by atoms with Gasteiger partial charge in [-0.2, -0.15) is 0 Å². The maximum absolute atomic E-state index is 12.4. The van der Waals surface area contributed by atoms with Gasteiger partial charge in [0.15, 0.2) is 5.12 Å². The highest BCUT2D eigenvalue weighted by Gasteiger charge is 2.23. The van der Waals surface area contributed by atoms with Gasteiger partial charge in [-0.1, -0.05) is 62.9 Å². The fourth-order valence-electron chi connectivity index (χ4n) is 1.78. The van der Waals surface area contributed by atoms with Crippen molar-refractivity contribution in [1.82, 2.24) is 5.32 Å². The highest BCUT2D eigenvalue weighted by Crippen LogP contribution is 2.25. The summed E-state index contributed by atoms with van der Waals surface area (Å²) in [6, 6.07) is 9.43. The summed E-state index contributed by atoms with van der Waals surface area (Å²) in [6.07, 6.45) is 1.87. The van der Waals surface area contributed by atoms with Crippen molar-refractivity contribution in [1.29, 1.82) is 0 Å². The number of rotatable bonds is 7. The van der Waals surface area contributed by atoms with Gasteiger partial charge >= 0.3 is 5.97 Å². The Morgan fingerprint density at radius 2 is 1.80 bits per heavy atom. The summed E-state index contributed by atoms with van der Waals surface area (Å²) in [4.78, 5) is 35.7. The van der Waals surface area contributed by atoms with E-state index >= 15 is 0 Å². The highest BCUT2D eigenvalue weighted by atomic mass is 32.2. The van der Waals surface area contributed by atoms with Crippen molar-refractivity contribution in [2.45, 2.75) is 27.2 Å². The van der Waals surface area contributed by atoms with E-state index in [0.717, 1.165) is 17.3 Å². The topological polar surface area (TPSA) is 72.5 Å². The molecule has 1 aromatic carbocycles. The van der Waals surface area contributed by atoms with E-state index in [2.05, 4.69) is 10.1 Å². The average Bonchev–Trinajstić information content (AvgIpc) is 2.57. The van der Waals surface area contributed by atoms with Crippen molar-refractivity contribution in [3.63, 3.8) is 0 Å². The van der Waals surface area contributed by atoms with E-state index in [1.54, 1.807) is 6.08 Å². The van der Waals surface area contributed by atoms with Crippen molar-refractivity contribution in [3.05, 3.63) is 41.5 Å². The number of thioether (sulfide) groups is 1. The predicted molar refractivity (Wildman–Crippen MR) is 101 cm³/mol. The van der Waals surface area contributed by atoms with Gasteiger partial charge in [-0.15, -0.1) is 0 Å². The molecular weight excluding hydrogens is 338 g/mol. The molecule has 0 saturated carbocycles. The van der Waals surface area contributed by atoms with E-state index in [1.165, 1.54) is 7.11 Å². The van der Waals surface area contributed by atoms with Crippen LogP contribution in [0, 0.1) is 5.41 Å². The van der Waals surface area contributed by atoms with Crippen LogP contribution in [0.2, 0.25) is 0 Å². The van der Waals surface area contributed by atoms with Gasteiger partial charge in [0, 0.05) is 23.3 Å². The molecule has 1 amide bonds. The Bertz CT molecular complexity index is 633. The summed E-state index contributed by atoms with van der Waals surface area (Å²) in [7, 11) is 1.31. The summed E-state index contributed by atoms with van der Waals surface area (Å²) in [6.45, 7) is 5.73. The van der Waals surface area contributed by atoms with Crippen molar-refractivity contribution in [2.24, 2.45) is 5.41 Å². The van der Waals surface area contributed by atoms with Gasteiger partial charge in [-0.3, -0.25) is 14.4 Å². The largest absolute Gasteiger partial charge is 0.469 e. The molecule has 1 aromatic rings. The van der Waals surface area contributed by atoms with E-state index in [-0.39, 0.29) is 35.7 Å². The molecule has 0 heterocycles. The van der Waals surface area contributed by atoms with E-state index in [9.17, 15) is 14.4 Å². The first-order chi connectivity index (χ1) is 11.7. The Hall–Kier alpha value is -2.08. The first-order valence-electron chi connectivity index (χ1n) is 8.02. The number of carbonyl (C=O) groups is 3. The third kappa shape index (κ3) is 8.03. The van der Waals surface area contributed by atoms with Crippen LogP contribution >= 0.6 is 11.8 Å². The first kappa shape index (κ1) is 21.0. The molecule has 0 aliphatic carbocycles. The lowest BCUT2D eigenvalue weighted by molar-refractivity contribution is -0.140. The van der Waals surface area contributed by atoms with Gasteiger partial charge in [0.2, 0.25) is 5.91 Å². The SMILES string of the molecule is COC(=O)CCNC(=O)/C(=C\c1ccccc1)CSC(=O)C(C)(C)C. The molecule has 0 aromatic heterocycles. The molecule has 25 heavy (non-hydrogen) atoms. The number of hydrogen-bond acceptors (Lipinski definition) is 5. The summed E-state index contributed by atoms with van der Waals surface area (Å²) in [5.41, 5.74) is 0.896. The Morgan fingerprint density at radius 1 is 1.16 bits per heavy atom. The molecule has 5 nitrogen and oxygen atoms in total. The molecule has 6 heteroatoms. The van der Waals surface area contributed by atoms with Crippen molar-refractivity contribution >= 4 is 34.8 Å². The number of nitrogens with one attached hydrogen (secondary N) is 1. The van der Waals surface area contributed by atoms with Gasteiger partial charge in [0.25, 0.3) is 0 Å². The Balaban J connectivity index is 2.81. The molecule has 0 fully saturated rings. The van der Waals surface area contributed by atoms with E-state index in [4.69, 9.17) is 0 Å². The number of carbonyl (C=O) groups excluding carboxylic acids is 3. The molecule has 0 radical (unpaired) electrons. The quantitative estimate of drug-likeness (QED) is 0.595. The number of benzene rings is 1.